The van der Waals surface area contributed by atoms with E-state index in [1.807, 2.05) is 18.2 Å². The van der Waals surface area contributed by atoms with Gasteiger partial charge in [-0.1, -0.05) is 18.2 Å². The van der Waals surface area contributed by atoms with Crippen LogP contribution >= 0.6 is 0 Å². The summed E-state index contributed by atoms with van der Waals surface area (Å²) in [7, 11) is -3.11. The minimum Gasteiger partial charge on any atom is -0.506 e. The Morgan fingerprint density at radius 1 is 1.17 bits per heavy atom. The van der Waals surface area contributed by atoms with Crippen LogP contribution in [-0.2, 0) is 10.6 Å². The Labute approximate surface area is 165 Å². The molecule has 2 atom stereocenters. The number of azo groups is 1. The van der Waals surface area contributed by atoms with Gasteiger partial charge in [-0.2, -0.15) is 15.3 Å². The van der Waals surface area contributed by atoms with Gasteiger partial charge >= 0.3 is 10.6 Å². The number of non-ortho nitro benzene ring substituents is 1. The second-order valence-corrected chi connectivity index (χ2v) is 6.04. The first kappa shape index (κ1) is 21.6. The van der Waals surface area contributed by atoms with E-state index in [0.717, 1.165) is 6.07 Å². The van der Waals surface area contributed by atoms with E-state index in [9.17, 15) is 20.3 Å². The van der Waals surface area contributed by atoms with Gasteiger partial charge in [0.15, 0.2) is 12.3 Å². The third-order valence-corrected chi connectivity index (χ3v) is 3.71. The van der Waals surface area contributed by atoms with Crippen molar-refractivity contribution in [1.29, 1.82) is 0 Å². The van der Waals surface area contributed by atoms with Crippen molar-refractivity contribution in [1.82, 2.24) is 0 Å². The van der Waals surface area contributed by atoms with E-state index in [4.69, 9.17) is 12.6 Å². The van der Waals surface area contributed by atoms with E-state index in [-0.39, 0.29) is 17.1 Å². The van der Waals surface area contributed by atoms with Gasteiger partial charge in [0.05, 0.1) is 16.3 Å². The number of nitrogens with zero attached hydrogens (tertiary/aromatic N) is 5. The molecular formula is C16H15N5O7S. The first-order valence-corrected chi connectivity index (χ1v) is 8.93. The normalized spacial score (nSPS) is 18.1. The molecular weight excluding hydrogens is 406 g/mol. The molecule has 1 aliphatic heterocycles. The molecule has 0 amide bonds. The van der Waals surface area contributed by atoms with Crippen molar-refractivity contribution in [2.75, 3.05) is 5.01 Å². The highest BCUT2D eigenvalue weighted by Gasteiger charge is 2.34. The molecule has 1 heterocycles. The molecule has 12 nitrogen and oxygen atoms in total. The number of rotatable bonds is 4. The lowest BCUT2D eigenvalue weighted by Crippen LogP contribution is -2.35. The lowest BCUT2D eigenvalue weighted by Gasteiger charge is -2.20. The number of anilines is 1. The smallest absolute Gasteiger partial charge is 0.425 e. The molecule has 0 radical (unpaired) electrons. The van der Waals surface area contributed by atoms with Gasteiger partial charge in [-0.25, -0.2) is 5.01 Å². The minimum absolute atomic E-state index is 0.0487. The summed E-state index contributed by atoms with van der Waals surface area (Å²) in [6.07, 6.45) is -1.06. The van der Waals surface area contributed by atoms with Crippen LogP contribution in [0, 0.1) is 10.1 Å². The van der Waals surface area contributed by atoms with Gasteiger partial charge in [0.2, 0.25) is 0 Å². The number of aromatic hydroxyl groups is 1. The fourth-order valence-electron chi connectivity index (χ4n) is 2.40. The maximum absolute atomic E-state index is 10.8. The molecule has 1 aliphatic rings. The summed E-state index contributed by atoms with van der Waals surface area (Å²) in [5, 5.41) is 44.6. The van der Waals surface area contributed by atoms with Crippen LogP contribution < -0.4 is 5.01 Å². The first-order chi connectivity index (χ1) is 13.7. The predicted octanol–water partition coefficient (Wildman–Crippen LogP) is 1.96. The molecule has 2 N–H and O–H groups in total. The molecule has 13 heteroatoms. The molecule has 0 fully saturated rings. The number of hydrogen-bond acceptors (Lipinski definition) is 11. The molecule has 0 saturated carbocycles. The average Bonchev–Trinajstić information content (AvgIpc) is 2.95. The minimum atomic E-state index is -3.11. The number of para-hydroxylation sites is 1. The van der Waals surface area contributed by atoms with Crippen LogP contribution in [0.4, 0.5) is 17.1 Å². The SMILES string of the molecule is CC1=NN(c2ccccc2)C(O)C1N=Nc1cc([N+](=O)[O-])ccc1O.O=S(=O)=O. The summed E-state index contributed by atoms with van der Waals surface area (Å²) >= 11 is 0. The molecule has 152 valence electrons. The van der Waals surface area contributed by atoms with Gasteiger partial charge in [0.25, 0.3) is 5.69 Å². The summed E-state index contributed by atoms with van der Waals surface area (Å²) in [6, 6.07) is 11.8. The lowest BCUT2D eigenvalue weighted by molar-refractivity contribution is -0.384. The Bertz CT molecular complexity index is 1050. The fourth-order valence-corrected chi connectivity index (χ4v) is 2.40. The van der Waals surface area contributed by atoms with Crippen LogP contribution in [0.3, 0.4) is 0 Å². The van der Waals surface area contributed by atoms with Crippen molar-refractivity contribution in [3.63, 3.8) is 0 Å². The molecule has 0 bridgehead atoms. The molecule has 0 saturated heterocycles. The zero-order valence-corrected chi connectivity index (χ0v) is 15.7. The summed E-state index contributed by atoms with van der Waals surface area (Å²) in [6.45, 7) is 1.70. The summed E-state index contributed by atoms with van der Waals surface area (Å²) in [5.41, 5.74) is 0.970. The number of nitro benzene ring substituents is 1. The van der Waals surface area contributed by atoms with Gasteiger partial charge in [0.1, 0.15) is 11.4 Å². The standard InChI is InChI=1S/C16H15N5O4.O3S/c1-10-15(16(23)20(19-10)11-5-3-2-4-6-11)18-17-13-9-12(21(24)25)7-8-14(13)22;1-4(2)3/h2-9,15-16,22-23H,1H3;. The molecule has 0 spiro atoms. The monoisotopic (exact) mass is 421 g/mol. The number of benzene rings is 2. The number of aliphatic hydroxyl groups excluding tert-OH is 1. The Morgan fingerprint density at radius 2 is 1.79 bits per heavy atom. The van der Waals surface area contributed by atoms with Gasteiger partial charge in [-0.3, -0.25) is 10.1 Å². The zero-order chi connectivity index (χ0) is 21.6. The number of phenolic OH excluding ortho intramolecular Hbond substituents is 1. The fraction of sp³-hybridized carbons (Fsp3) is 0.188. The average molecular weight is 421 g/mol. The van der Waals surface area contributed by atoms with E-state index >= 15 is 0 Å². The number of hydrogen-bond donors (Lipinski definition) is 2. The predicted molar refractivity (Wildman–Crippen MR) is 101 cm³/mol. The highest BCUT2D eigenvalue weighted by atomic mass is 32.2. The zero-order valence-electron chi connectivity index (χ0n) is 14.9. The number of aliphatic hydroxyl groups is 1. The third-order valence-electron chi connectivity index (χ3n) is 3.71. The Kier molecular flexibility index (Phi) is 7.05. The lowest BCUT2D eigenvalue weighted by atomic mass is 10.2. The molecule has 3 rings (SSSR count). The van der Waals surface area contributed by atoms with Crippen molar-refractivity contribution in [2.45, 2.75) is 19.2 Å². The topological polar surface area (TPSA) is 175 Å². The maximum atomic E-state index is 10.8. The van der Waals surface area contributed by atoms with Crippen LogP contribution in [0.1, 0.15) is 6.92 Å². The van der Waals surface area contributed by atoms with E-state index < -0.39 is 27.8 Å². The molecule has 0 aromatic heterocycles. The second-order valence-electron chi connectivity index (χ2n) is 5.63. The molecule has 2 aromatic carbocycles. The highest BCUT2D eigenvalue weighted by molar-refractivity contribution is 7.59. The van der Waals surface area contributed by atoms with Crippen LogP contribution in [0.15, 0.2) is 63.9 Å². The van der Waals surface area contributed by atoms with Crippen LogP contribution in [0.2, 0.25) is 0 Å². The largest absolute Gasteiger partial charge is 0.506 e. The Hall–Kier alpha value is -3.71. The van der Waals surface area contributed by atoms with Crippen molar-refractivity contribution >= 4 is 33.4 Å². The molecule has 29 heavy (non-hydrogen) atoms. The van der Waals surface area contributed by atoms with Gasteiger partial charge in [-0.15, -0.1) is 12.6 Å². The Morgan fingerprint density at radius 3 is 2.38 bits per heavy atom. The van der Waals surface area contributed by atoms with E-state index in [0.29, 0.717) is 11.4 Å². The summed E-state index contributed by atoms with van der Waals surface area (Å²) in [5.74, 6) is -0.239. The van der Waals surface area contributed by atoms with Crippen molar-refractivity contribution in [2.24, 2.45) is 15.3 Å². The van der Waals surface area contributed by atoms with Crippen LogP contribution in [0.25, 0.3) is 0 Å². The molecule has 2 unspecified atom stereocenters. The number of nitro groups is 1. The number of hydrazone groups is 1. The third kappa shape index (κ3) is 5.63. The van der Waals surface area contributed by atoms with E-state index in [2.05, 4.69) is 15.3 Å². The first-order valence-electron chi connectivity index (χ1n) is 7.93. The van der Waals surface area contributed by atoms with E-state index in [1.165, 1.54) is 17.1 Å². The van der Waals surface area contributed by atoms with Crippen LogP contribution in [0.5, 0.6) is 5.75 Å². The Balaban J connectivity index is 0.000000687. The highest BCUT2D eigenvalue weighted by Crippen LogP contribution is 2.32. The summed E-state index contributed by atoms with van der Waals surface area (Å²) in [4.78, 5) is 10.2. The molecule has 0 aliphatic carbocycles. The van der Waals surface area contributed by atoms with Crippen molar-refractivity contribution < 1.29 is 27.8 Å². The quantitative estimate of drug-likeness (QED) is 0.428. The van der Waals surface area contributed by atoms with E-state index in [1.54, 1.807) is 19.1 Å². The van der Waals surface area contributed by atoms with Crippen molar-refractivity contribution in [3.05, 3.63) is 58.6 Å². The molecule has 2 aromatic rings. The van der Waals surface area contributed by atoms with Crippen LogP contribution in [-0.4, -0.2) is 45.7 Å². The number of phenols is 1. The summed E-state index contributed by atoms with van der Waals surface area (Å²) < 4.78 is 25.3. The maximum Gasteiger partial charge on any atom is 0.425 e. The van der Waals surface area contributed by atoms with Gasteiger partial charge in [0, 0.05) is 12.1 Å². The van der Waals surface area contributed by atoms with Gasteiger partial charge in [-0.05, 0) is 25.1 Å². The van der Waals surface area contributed by atoms with Crippen molar-refractivity contribution in [3.8, 4) is 5.75 Å². The van der Waals surface area contributed by atoms with Gasteiger partial charge < -0.3 is 10.2 Å². The second kappa shape index (κ2) is 9.48.